The van der Waals surface area contributed by atoms with Gasteiger partial charge in [-0.25, -0.2) is 23.2 Å². The maximum Gasteiger partial charge on any atom is 0.387 e. The summed E-state index contributed by atoms with van der Waals surface area (Å²) < 4.78 is 59.9. The minimum atomic E-state index is -3.69. The maximum atomic E-state index is 13.7. The number of hydrogen-bond donors (Lipinski definition) is 2. The summed E-state index contributed by atoms with van der Waals surface area (Å²) >= 11 is 0. The van der Waals surface area contributed by atoms with Gasteiger partial charge in [-0.05, 0) is 99.3 Å². The average molecular weight is 807 g/mol. The third-order valence-electron chi connectivity index (χ3n) is 11.8. The van der Waals surface area contributed by atoms with Gasteiger partial charge in [0, 0.05) is 69.9 Å². The highest BCUT2D eigenvalue weighted by atomic mass is 32.2. The molecule has 4 aliphatic heterocycles. The summed E-state index contributed by atoms with van der Waals surface area (Å²) in [6.07, 6.45) is 7.96. The Hall–Kier alpha value is -4.94. The van der Waals surface area contributed by atoms with E-state index >= 15 is 0 Å². The number of hydrogen-bond acceptors (Lipinski definition) is 11. The molecule has 304 valence electrons. The van der Waals surface area contributed by atoms with Crippen LogP contribution in [0.1, 0.15) is 56.4 Å². The lowest BCUT2D eigenvalue weighted by atomic mass is 9.88. The predicted octanol–water partition coefficient (Wildman–Crippen LogP) is 4.77. The SMILES string of the molecule is Cn1nc(N2CCC(=O)NC2=O)c2ccc(C3CCN(CC4CCN(c5cccc(S(=O)(=O)N6CCC(Nc7ncc(OC(F)F)cn7)CC6)c5)CC4)CC3)cc21. The molecule has 0 radical (unpaired) electrons. The molecule has 2 aromatic carbocycles. The number of urea groups is 1. The predicted molar refractivity (Wildman–Crippen MR) is 210 cm³/mol. The first-order valence-corrected chi connectivity index (χ1v) is 21.1. The molecule has 6 heterocycles. The highest BCUT2D eigenvalue weighted by Crippen LogP contribution is 2.35. The van der Waals surface area contributed by atoms with E-state index in [0.717, 1.165) is 75.0 Å². The molecule has 4 fully saturated rings. The number of likely N-dealkylation sites (tertiary alicyclic amines) is 1. The molecular weight excluding hydrogens is 759 g/mol. The molecule has 0 aliphatic carbocycles. The molecule has 4 saturated heterocycles. The zero-order valence-corrected chi connectivity index (χ0v) is 32.7. The number of nitrogens with zero attached hydrogens (tertiary/aromatic N) is 8. The van der Waals surface area contributed by atoms with E-state index in [0.29, 0.717) is 55.0 Å². The Bertz CT molecular complexity index is 2180. The Morgan fingerprint density at radius 3 is 2.35 bits per heavy atom. The number of ether oxygens (including phenoxy) is 1. The topological polar surface area (TPSA) is 158 Å². The number of carbonyl (C=O) groups excluding carboxylic acids is 2. The molecule has 4 aromatic rings. The van der Waals surface area contributed by atoms with Crippen molar-refractivity contribution in [3.63, 3.8) is 0 Å². The van der Waals surface area contributed by atoms with E-state index in [1.807, 2.05) is 23.9 Å². The first-order valence-electron chi connectivity index (χ1n) is 19.7. The number of carbonyl (C=O) groups is 2. The van der Waals surface area contributed by atoms with E-state index in [2.05, 4.69) is 58.4 Å². The number of anilines is 3. The van der Waals surface area contributed by atoms with Crippen LogP contribution in [0.5, 0.6) is 5.75 Å². The lowest BCUT2D eigenvalue weighted by Gasteiger charge is -2.38. The van der Waals surface area contributed by atoms with Crippen molar-refractivity contribution in [2.45, 2.75) is 68.4 Å². The summed E-state index contributed by atoms with van der Waals surface area (Å²) in [5.41, 5.74) is 3.19. The van der Waals surface area contributed by atoms with Gasteiger partial charge in [0.05, 0.1) is 22.8 Å². The Balaban J connectivity index is 0.795. The number of sulfonamides is 1. The molecule has 0 unspecified atom stereocenters. The van der Waals surface area contributed by atoms with Gasteiger partial charge in [0.1, 0.15) is 0 Å². The molecule has 0 spiro atoms. The highest BCUT2D eigenvalue weighted by Gasteiger charge is 2.32. The second-order valence-electron chi connectivity index (χ2n) is 15.4. The fraction of sp³-hybridized carbons (Fsp3) is 0.513. The minimum absolute atomic E-state index is 0.0537. The Morgan fingerprint density at radius 2 is 1.65 bits per heavy atom. The van der Waals surface area contributed by atoms with Crippen molar-refractivity contribution in [1.82, 2.24) is 34.3 Å². The van der Waals surface area contributed by atoms with Gasteiger partial charge >= 0.3 is 12.6 Å². The van der Waals surface area contributed by atoms with Crippen LogP contribution in [0.15, 0.2) is 59.8 Å². The van der Waals surface area contributed by atoms with Crippen molar-refractivity contribution in [2.24, 2.45) is 13.0 Å². The third kappa shape index (κ3) is 8.67. The van der Waals surface area contributed by atoms with Crippen LogP contribution in [0.2, 0.25) is 0 Å². The summed E-state index contributed by atoms with van der Waals surface area (Å²) in [4.78, 5) is 38.9. The number of alkyl halides is 2. The Morgan fingerprint density at radius 1 is 0.912 bits per heavy atom. The maximum absolute atomic E-state index is 13.7. The molecule has 57 heavy (non-hydrogen) atoms. The number of benzene rings is 2. The van der Waals surface area contributed by atoms with Gasteiger partial charge in [-0.15, -0.1) is 0 Å². The van der Waals surface area contributed by atoms with Gasteiger partial charge in [-0.3, -0.25) is 19.7 Å². The lowest BCUT2D eigenvalue weighted by molar-refractivity contribution is -0.120. The Labute approximate surface area is 330 Å². The van der Waals surface area contributed by atoms with Crippen molar-refractivity contribution in [3.8, 4) is 5.75 Å². The summed E-state index contributed by atoms with van der Waals surface area (Å²) in [7, 11) is -1.80. The number of rotatable bonds is 11. The van der Waals surface area contributed by atoms with E-state index in [1.54, 1.807) is 17.0 Å². The average Bonchev–Trinajstić information content (AvgIpc) is 3.54. The van der Waals surface area contributed by atoms with E-state index < -0.39 is 22.7 Å². The second kappa shape index (κ2) is 16.5. The van der Waals surface area contributed by atoms with Crippen LogP contribution in [-0.2, 0) is 21.9 Å². The van der Waals surface area contributed by atoms with Crippen LogP contribution >= 0.6 is 0 Å². The molecule has 18 heteroatoms. The van der Waals surface area contributed by atoms with E-state index in [-0.39, 0.29) is 30.1 Å². The zero-order chi connectivity index (χ0) is 39.7. The smallest absolute Gasteiger partial charge is 0.387 e. The largest absolute Gasteiger partial charge is 0.432 e. The summed E-state index contributed by atoms with van der Waals surface area (Å²) in [5, 5.41) is 11.1. The normalized spacial score (nSPS) is 20.1. The number of aryl methyl sites for hydroxylation is 1. The standard InChI is InChI=1S/C39H48F2N10O5S/c1-47-34-21-28(5-6-33(34)36(46-47)51-20-13-35(52)45-39(51)53)27-9-14-48(15-10-27)25-26-7-16-49(17-8-26)30-3-2-4-32(22-30)57(54,55)50-18-11-29(12-19-50)44-38-42-23-31(24-43-38)56-37(40)41/h2-6,21-24,26-27,29,37H,7-20,25H2,1H3,(H,42,43,44)(H,45,52,53). The molecule has 0 bridgehead atoms. The fourth-order valence-corrected chi connectivity index (χ4v) is 10.1. The quantitative estimate of drug-likeness (QED) is 0.215. The van der Waals surface area contributed by atoms with Crippen LogP contribution < -0.4 is 25.2 Å². The van der Waals surface area contributed by atoms with Crippen molar-refractivity contribution in [3.05, 3.63) is 60.4 Å². The molecule has 4 aliphatic rings. The van der Waals surface area contributed by atoms with Gasteiger partial charge in [0.15, 0.2) is 11.6 Å². The number of imide groups is 1. The summed E-state index contributed by atoms with van der Waals surface area (Å²) in [6, 6.07) is 13.2. The molecule has 2 N–H and O–H groups in total. The van der Waals surface area contributed by atoms with Crippen molar-refractivity contribution < 1.29 is 31.5 Å². The number of halogens is 2. The first kappa shape index (κ1) is 38.9. The zero-order valence-electron chi connectivity index (χ0n) is 31.9. The first-order chi connectivity index (χ1) is 27.5. The monoisotopic (exact) mass is 806 g/mol. The van der Waals surface area contributed by atoms with Crippen LogP contribution in [0, 0.1) is 5.92 Å². The van der Waals surface area contributed by atoms with Gasteiger partial charge < -0.3 is 19.9 Å². The van der Waals surface area contributed by atoms with E-state index in [1.165, 1.54) is 22.3 Å². The number of nitrogens with one attached hydrogen (secondary N) is 2. The number of fused-ring (bicyclic) bond motifs is 1. The lowest BCUT2D eigenvalue weighted by Crippen LogP contribution is -2.49. The van der Waals surface area contributed by atoms with Crippen LogP contribution in [0.25, 0.3) is 10.9 Å². The van der Waals surface area contributed by atoms with Crippen LogP contribution in [0.3, 0.4) is 0 Å². The van der Waals surface area contributed by atoms with Crippen molar-refractivity contribution in [2.75, 3.05) is 67.5 Å². The van der Waals surface area contributed by atoms with Crippen LogP contribution in [-0.4, -0.2) is 114 Å². The van der Waals surface area contributed by atoms with Crippen LogP contribution in [0.4, 0.5) is 31.0 Å². The van der Waals surface area contributed by atoms with Crippen molar-refractivity contribution >= 4 is 50.3 Å². The second-order valence-corrected chi connectivity index (χ2v) is 17.4. The van der Waals surface area contributed by atoms with Gasteiger partial charge in [0.25, 0.3) is 0 Å². The van der Waals surface area contributed by atoms with E-state index in [9.17, 15) is 26.8 Å². The minimum Gasteiger partial charge on any atom is -0.432 e. The number of amides is 3. The molecule has 15 nitrogen and oxygen atoms in total. The van der Waals surface area contributed by atoms with Gasteiger partial charge in [-0.1, -0.05) is 12.1 Å². The molecular formula is C39H48F2N10O5S. The van der Waals surface area contributed by atoms with Gasteiger partial charge in [0.2, 0.25) is 21.9 Å². The summed E-state index contributed by atoms with van der Waals surface area (Å²) in [6.45, 7) is 2.93. The third-order valence-corrected chi connectivity index (χ3v) is 13.7. The number of aromatic nitrogens is 4. The number of piperidine rings is 3. The fourth-order valence-electron chi connectivity index (χ4n) is 8.63. The van der Waals surface area contributed by atoms with Gasteiger partial charge in [-0.2, -0.15) is 18.2 Å². The molecule has 3 amide bonds. The molecule has 0 saturated carbocycles. The van der Waals surface area contributed by atoms with Crippen molar-refractivity contribution in [1.29, 1.82) is 0 Å². The summed E-state index contributed by atoms with van der Waals surface area (Å²) in [5.74, 6) is 1.50. The Kier molecular flexibility index (Phi) is 11.3. The molecule has 0 atom stereocenters. The molecule has 8 rings (SSSR count). The molecule has 2 aromatic heterocycles. The highest BCUT2D eigenvalue weighted by molar-refractivity contribution is 7.89. The van der Waals surface area contributed by atoms with E-state index in [4.69, 9.17) is 0 Å².